The summed E-state index contributed by atoms with van der Waals surface area (Å²) in [6.45, 7) is 8.77. The van der Waals surface area contributed by atoms with E-state index >= 15 is 0 Å². The average Bonchev–Trinajstić information content (AvgIpc) is 3.08. The van der Waals surface area contributed by atoms with E-state index in [4.69, 9.17) is 4.99 Å². The molecule has 2 heterocycles. The Kier molecular flexibility index (Phi) is 8.51. The minimum absolute atomic E-state index is 0.0615. The molecule has 1 aromatic heterocycles. The monoisotopic (exact) mass is 409 g/mol. The quantitative estimate of drug-likeness (QED) is 0.380. The normalized spacial score (nSPS) is 19.7. The lowest BCUT2D eigenvalue weighted by Crippen LogP contribution is -2.44. The lowest BCUT2D eigenvalue weighted by atomic mass is 10.2. The molecular formula is C24H35N5O. The zero-order valence-corrected chi connectivity index (χ0v) is 18.3. The van der Waals surface area contributed by atoms with E-state index < -0.39 is 0 Å². The molecule has 0 aliphatic carbocycles. The van der Waals surface area contributed by atoms with Gasteiger partial charge in [-0.15, -0.1) is 0 Å². The third-order valence-corrected chi connectivity index (χ3v) is 5.59. The highest BCUT2D eigenvalue weighted by Gasteiger charge is 2.29. The van der Waals surface area contributed by atoms with Crippen LogP contribution >= 0.6 is 0 Å². The molecule has 0 saturated carbocycles. The van der Waals surface area contributed by atoms with Crippen LogP contribution < -0.4 is 16.2 Å². The molecule has 6 nitrogen and oxygen atoms in total. The van der Waals surface area contributed by atoms with E-state index in [0.717, 1.165) is 57.9 Å². The highest BCUT2D eigenvalue weighted by molar-refractivity contribution is 5.80. The maximum atomic E-state index is 11.7. The standard InChI is InChI=1S/C24H35N5O/c1-3-25-24(26-14-8-10-16-28-15-9-7-13-23(28)30)27-22-17-20(2)29(19-22)18-21-11-5-4-6-12-21/h4-7,9,11-13,15,20,22H,3,8,10,14,16-19H2,1-2H3,(H2,25,26,27). The molecule has 1 aromatic carbocycles. The van der Waals surface area contributed by atoms with Crippen molar-refractivity contribution in [2.75, 3.05) is 19.6 Å². The fourth-order valence-electron chi connectivity index (χ4n) is 3.98. The van der Waals surface area contributed by atoms with E-state index in [-0.39, 0.29) is 5.56 Å². The number of unbranched alkanes of at least 4 members (excludes halogenated alkanes) is 1. The van der Waals surface area contributed by atoms with E-state index in [0.29, 0.717) is 12.1 Å². The van der Waals surface area contributed by atoms with Gasteiger partial charge in [0.25, 0.3) is 0 Å². The van der Waals surface area contributed by atoms with Gasteiger partial charge < -0.3 is 15.2 Å². The Morgan fingerprint density at radius 3 is 2.70 bits per heavy atom. The summed E-state index contributed by atoms with van der Waals surface area (Å²) in [6, 6.07) is 16.9. The van der Waals surface area contributed by atoms with Gasteiger partial charge in [-0.25, -0.2) is 0 Å². The summed E-state index contributed by atoms with van der Waals surface area (Å²) in [7, 11) is 0. The Labute approximate surface area is 180 Å². The minimum Gasteiger partial charge on any atom is -0.357 e. The summed E-state index contributed by atoms with van der Waals surface area (Å²) in [5.41, 5.74) is 1.43. The summed E-state index contributed by atoms with van der Waals surface area (Å²) in [5, 5.41) is 6.99. The molecule has 6 heteroatoms. The van der Waals surface area contributed by atoms with Crippen molar-refractivity contribution >= 4 is 5.96 Å². The molecule has 2 unspecified atom stereocenters. The zero-order valence-electron chi connectivity index (χ0n) is 18.3. The van der Waals surface area contributed by atoms with Crippen molar-refractivity contribution < 1.29 is 0 Å². The van der Waals surface area contributed by atoms with Gasteiger partial charge in [0.1, 0.15) is 0 Å². The van der Waals surface area contributed by atoms with Gasteiger partial charge in [0.15, 0.2) is 5.96 Å². The van der Waals surface area contributed by atoms with Crippen LogP contribution in [0.2, 0.25) is 0 Å². The van der Waals surface area contributed by atoms with Gasteiger partial charge in [-0.3, -0.25) is 14.7 Å². The highest BCUT2D eigenvalue weighted by Crippen LogP contribution is 2.20. The average molecular weight is 410 g/mol. The summed E-state index contributed by atoms with van der Waals surface area (Å²) in [4.78, 5) is 19.0. The number of likely N-dealkylation sites (tertiary alicyclic amines) is 1. The maximum absolute atomic E-state index is 11.7. The molecule has 2 aromatic rings. The number of hydrogen-bond acceptors (Lipinski definition) is 3. The molecular weight excluding hydrogens is 374 g/mol. The third-order valence-electron chi connectivity index (χ3n) is 5.59. The van der Waals surface area contributed by atoms with E-state index in [9.17, 15) is 4.79 Å². The number of nitrogens with one attached hydrogen (secondary N) is 2. The molecule has 1 aliphatic rings. The molecule has 0 bridgehead atoms. The van der Waals surface area contributed by atoms with E-state index in [1.807, 2.05) is 12.3 Å². The summed E-state index contributed by atoms with van der Waals surface area (Å²) in [6.07, 6.45) is 4.87. The summed E-state index contributed by atoms with van der Waals surface area (Å²) < 4.78 is 1.76. The van der Waals surface area contributed by atoms with Crippen LogP contribution in [-0.2, 0) is 13.1 Å². The van der Waals surface area contributed by atoms with Crippen LogP contribution in [0.4, 0.5) is 0 Å². The van der Waals surface area contributed by atoms with Crippen molar-refractivity contribution in [3.05, 3.63) is 70.6 Å². The number of benzene rings is 1. The number of hydrogen-bond donors (Lipinski definition) is 2. The summed E-state index contributed by atoms with van der Waals surface area (Å²) >= 11 is 0. The van der Waals surface area contributed by atoms with Crippen LogP contribution in [0.1, 0.15) is 38.7 Å². The molecule has 0 amide bonds. The second-order valence-electron chi connectivity index (χ2n) is 8.04. The first-order valence-electron chi connectivity index (χ1n) is 11.1. The fourth-order valence-corrected chi connectivity index (χ4v) is 3.98. The molecule has 30 heavy (non-hydrogen) atoms. The molecule has 0 radical (unpaired) electrons. The van der Waals surface area contributed by atoms with E-state index in [2.05, 4.69) is 59.7 Å². The Morgan fingerprint density at radius 1 is 1.13 bits per heavy atom. The zero-order chi connectivity index (χ0) is 21.2. The first kappa shape index (κ1) is 22.1. The molecule has 0 spiro atoms. The molecule has 3 rings (SSSR count). The molecule has 2 N–H and O–H groups in total. The van der Waals surface area contributed by atoms with Gasteiger partial charge in [0.05, 0.1) is 0 Å². The lowest BCUT2D eigenvalue weighted by molar-refractivity contribution is 0.258. The Balaban J connectivity index is 1.45. The van der Waals surface area contributed by atoms with Crippen molar-refractivity contribution in [2.24, 2.45) is 4.99 Å². The Bertz CT molecular complexity index is 848. The number of aryl methyl sites for hydroxylation is 1. The number of rotatable bonds is 9. The van der Waals surface area contributed by atoms with Gasteiger partial charge in [-0.2, -0.15) is 0 Å². The molecule has 1 fully saturated rings. The number of pyridine rings is 1. The predicted octanol–water partition coefficient (Wildman–Crippen LogP) is 2.85. The number of aliphatic imine (C=N–C) groups is 1. The SMILES string of the molecule is CCNC(=NCCCCn1ccccc1=O)NC1CC(C)N(Cc2ccccc2)C1. The van der Waals surface area contributed by atoms with Gasteiger partial charge in [0, 0.05) is 57.1 Å². The Morgan fingerprint density at radius 2 is 1.93 bits per heavy atom. The van der Waals surface area contributed by atoms with Crippen LogP contribution in [-0.4, -0.2) is 47.1 Å². The highest BCUT2D eigenvalue weighted by atomic mass is 16.1. The first-order valence-corrected chi connectivity index (χ1v) is 11.1. The molecule has 2 atom stereocenters. The predicted molar refractivity (Wildman–Crippen MR) is 124 cm³/mol. The van der Waals surface area contributed by atoms with Crippen molar-refractivity contribution in [3.63, 3.8) is 0 Å². The number of aromatic nitrogens is 1. The van der Waals surface area contributed by atoms with Crippen molar-refractivity contribution in [1.29, 1.82) is 0 Å². The van der Waals surface area contributed by atoms with Gasteiger partial charge in [-0.1, -0.05) is 36.4 Å². The second kappa shape index (κ2) is 11.6. The third kappa shape index (κ3) is 6.73. The minimum atomic E-state index is 0.0615. The topological polar surface area (TPSA) is 61.7 Å². The molecule has 1 saturated heterocycles. The van der Waals surface area contributed by atoms with Gasteiger partial charge in [0.2, 0.25) is 5.56 Å². The van der Waals surface area contributed by atoms with Gasteiger partial charge in [-0.05, 0) is 44.7 Å². The van der Waals surface area contributed by atoms with Crippen LogP contribution in [0.5, 0.6) is 0 Å². The largest absolute Gasteiger partial charge is 0.357 e. The van der Waals surface area contributed by atoms with E-state index in [1.165, 1.54) is 5.56 Å². The number of nitrogens with zero attached hydrogens (tertiary/aromatic N) is 3. The smallest absolute Gasteiger partial charge is 0.250 e. The van der Waals surface area contributed by atoms with E-state index in [1.54, 1.807) is 16.7 Å². The van der Waals surface area contributed by atoms with Crippen LogP contribution in [0.15, 0.2) is 64.5 Å². The fraction of sp³-hybridized carbons (Fsp3) is 0.500. The van der Waals surface area contributed by atoms with Crippen LogP contribution in [0.25, 0.3) is 0 Å². The number of guanidine groups is 1. The van der Waals surface area contributed by atoms with Crippen LogP contribution in [0, 0.1) is 0 Å². The van der Waals surface area contributed by atoms with Gasteiger partial charge >= 0.3 is 0 Å². The maximum Gasteiger partial charge on any atom is 0.250 e. The molecule has 162 valence electrons. The Hall–Kier alpha value is -2.60. The van der Waals surface area contributed by atoms with Crippen molar-refractivity contribution in [3.8, 4) is 0 Å². The van der Waals surface area contributed by atoms with Crippen molar-refractivity contribution in [2.45, 2.75) is 58.3 Å². The summed E-state index contributed by atoms with van der Waals surface area (Å²) in [5.74, 6) is 0.896. The second-order valence-corrected chi connectivity index (χ2v) is 8.04. The van der Waals surface area contributed by atoms with Crippen LogP contribution in [0.3, 0.4) is 0 Å². The van der Waals surface area contributed by atoms with Crippen molar-refractivity contribution in [1.82, 2.24) is 20.1 Å². The lowest BCUT2D eigenvalue weighted by Gasteiger charge is -2.21. The molecule has 1 aliphatic heterocycles. The first-order chi connectivity index (χ1) is 14.7.